The van der Waals surface area contributed by atoms with Gasteiger partial charge < -0.3 is 23.8 Å². The van der Waals surface area contributed by atoms with Crippen molar-refractivity contribution in [3.63, 3.8) is 0 Å². The first-order chi connectivity index (χ1) is 17.1. The summed E-state index contributed by atoms with van der Waals surface area (Å²) in [6, 6.07) is 13.6. The Morgan fingerprint density at radius 2 is 1.83 bits per heavy atom. The normalized spacial score (nSPS) is 22.0. The summed E-state index contributed by atoms with van der Waals surface area (Å²) in [6.45, 7) is 4.50. The molecule has 7 heteroatoms. The Labute approximate surface area is 208 Å². The Hall–Kier alpha value is -2.77. The monoisotopic (exact) mass is 482 g/mol. The zero-order chi connectivity index (χ0) is 24.6. The van der Waals surface area contributed by atoms with E-state index in [1.54, 1.807) is 21.3 Å². The summed E-state index contributed by atoms with van der Waals surface area (Å²) in [4.78, 5) is 17.6. The van der Waals surface area contributed by atoms with Gasteiger partial charge in [-0.05, 0) is 50.1 Å². The van der Waals surface area contributed by atoms with E-state index in [0.717, 1.165) is 81.2 Å². The van der Waals surface area contributed by atoms with E-state index < -0.39 is 0 Å². The molecule has 7 nitrogen and oxygen atoms in total. The fourth-order valence-corrected chi connectivity index (χ4v) is 5.31. The average molecular weight is 483 g/mol. The third-order valence-electron chi connectivity index (χ3n) is 7.19. The van der Waals surface area contributed by atoms with Gasteiger partial charge in [0.15, 0.2) is 11.5 Å². The molecule has 2 atom stereocenters. The summed E-state index contributed by atoms with van der Waals surface area (Å²) in [7, 11) is 5.14. The van der Waals surface area contributed by atoms with Gasteiger partial charge in [-0.2, -0.15) is 0 Å². The number of methoxy groups -OCH3 is 3. The molecule has 0 unspecified atom stereocenters. The third kappa shape index (κ3) is 6.27. The molecule has 35 heavy (non-hydrogen) atoms. The Balaban J connectivity index is 1.53. The van der Waals surface area contributed by atoms with Gasteiger partial charge in [-0.25, -0.2) is 0 Å². The number of rotatable bonds is 5. The first-order valence-electron chi connectivity index (χ1n) is 12.6. The molecule has 0 N–H and O–H groups in total. The molecule has 2 aromatic carbocycles. The van der Waals surface area contributed by atoms with E-state index in [-0.39, 0.29) is 12.0 Å². The number of fused-ring (bicyclic) bond motifs is 4. The molecule has 4 rings (SSSR count). The lowest BCUT2D eigenvalue weighted by atomic mass is 9.89. The van der Waals surface area contributed by atoms with E-state index >= 15 is 0 Å². The molecule has 2 aliphatic rings. The smallest absolute Gasteiger partial charge is 0.254 e. The predicted octanol–water partition coefficient (Wildman–Crippen LogP) is 4.25. The van der Waals surface area contributed by atoms with Crippen LogP contribution in [0.3, 0.4) is 0 Å². The van der Waals surface area contributed by atoms with E-state index in [1.165, 1.54) is 0 Å². The summed E-state index contributed by atoms with van der Waals surface area (Å²) in [6.07, 6.45) is 4.30. The molecule has 2 aliphatic heterocycles. The van der Waals surface area contributed by atoms with Crippen molar-refractivity contribution < 1.29 is 23.7 Å². The summed E-state index contributed by atoms with van der Waals surface area (Å²) < 4.78 is 23.1. The maximum absolute atomic E-state index is 13.2. The highest BCUT2D eigenvalue weighted by molar-refractivity contribution is 5.94. The number of ether oxygens (including phenoxy) is 4. The number of amides is 1. The number of carbonyl (C=O) groups is 1. The summed E-state index contributed by atoms with van der Waals surface area (Å²) in [5.41, 5.74) is 1.78. The van der Waals surface area contributed by atoms with Crippen molar-refractivity contribution in [2.75, 3.05) is 54.1 Å². The molecule has 0 saturated carbocycles. The van der Waals surface area contributed by atoms with Crippen molar-refractivity contribution >= 4 is 5.91 Å². The topological polar surface area (TPSA) is 60.5 Å². The molecule has 0 radical (unpaired) electrons. The highest BCUT2D eigenvalue weighted by Gasteiger charge is 2.31. The number of hydrogen-bond donors (Lipinski definition) is 0. The second-order valence-corrected chi connectivity index (χ2v) is 9.37. The van der Waals surface area contributed by atoms with Gasteiger partial charge in [0.25, 0.3) is 5.91 Å². The third-order valence-corrected chi connectivity index (χ3v) is 7.19. The fourth-order valence-electron chi connectivity index (χ4n) is 5.31. The number of nitrogens with zero attached hydrogens (tertiary/aromatic N) is 2. The molecule has 0 aromatic heterocycles. The molecule has 2 aromatic rings. The lowest BCUT2D eigenvalue weighted by molar-refractivity contribution is -0.00677. The van der Waals surface area contributed by atoms with Gasteiger partial charge in [0.1, 0.15) is 12.4 Å². The van der Waals surface area contributed by atoms with E-state index in [0.29, 0.717) is 18.1 Å². The maximum atomic E-state index is 13.2. The van der Waals surface area contributed by atoms with Crippen LogP contribution in [0.4, 0.5) is 0 Å². The van der Waals surface area contributed by atoms with Gasteiger partial charge in [-0.3, -0.25) is 9.69 Å². The predicted molar refractivity (Wildman–Crippen MR) is 135 cm³/mol. The molecular formula is C28H38N2O5. The van der Waals surface area contributed by atoms with Gasteiger partial charge >= 0.3 is 0 Å². The average Bonchev–Trinajstić information content (AvgIpc) is 2.90. The molecule has 4 bridgehead atoms. The van der Waals surface area contributed by atoms with Crippen molar-refractivity contribution in [2.24, 2.45) is 5.92 Å². The van der Waals surface area contributed by atoms with Crippen molar-refractivity contribution in [1.29, 1.82) is 0 Å². The highest BCUT2D eigenvalue weighted by Crippen LogP contribution is 2.32. The molecule has 190 valence electrons. The number of hydrogen-bond acceptors (Lipinski definition) is 6. The van der Waals surface area contributed by atoms with Gasteiger partial charge in [0, 0.05) is 50.3 Å². The van der Waals surface area contributed by atoms with Gasteiger partial charge in [0.2, 0.25) is 0 Å². The standard InChI is InChI=1S/C28H38N2O5/c1-32-25-13-15-30-20-22(25)8-4-5-14-29(19-23-10-7-12-26(33-2)27(23)34-3)16-17-35-24-11-6-9-21(18-24)28(30)31/h6-7,9-12,18,22,25H,4-5,8,13-17,19-20H2,1-3H3/t22-,25+/m1/s1. The Morgan fingerprint density at radius 1 is 0.971 bits per heavy atom. The molecule has 0 aliphatic carbocycles. The fraction of sp³-hybridized carbons (Fsp3) is 0.536. The SMILES string of the molecule is COc1cccc(CN2CCCC[C@@H]3CN(CC[C@@H]3OC)C(=O)c3cccc(c3)OCC2)c1OC. The Morgan fingerprint density at radius 3 is 2.63 bits per heavy atom. The van der Waals surface area contributed by atoms with Crippen LogP contribution in [0.25, 0.3) is 0 Å². The van der Waals surface area contributed by atoms with Gasteiger partial charge in [0.05, 0.1) is 20.3 Å². The van der Waals surface area contributed by atoms with Crippen LogP contribution in [-0.2, 0) is 11.3 Å². The quantitative estimate of drug-likeness (QED) is 0.635. The molecule has 1 fully saturated rings. The summed E-state index contributed by atoms with van der Waals surface area (Å²) >= 11 is 0. The largest absolute Gasteiger partial charge is 0.493 e. The maximum Gasteiger partial charge on any atom is 0.254 e. The minimum Gasteiger partial charge on any atom is -0.493 e. The van der Waals surface area contributed by atoms with Crippen LogP contribution in [0.5, 0.6) is 17.2 Å². The summed E-state index contributed by atoms with van der Waals surface area (Å²) in [5.74, 6) is 2.69. The molecule has 2 heterocycles. The molecule has 0 spiro atoms. The zero-order valence-electron chi connectivity index (χ0n) is 21.2. The number of piperidine rings is 1. The number of benzene rings is 2. The second-order valence-electron chi connectivity index (χ2n) is 9.37. The van der Waals surface area contributed by atoms with Crippen molar-refractivity contribution in [2.45, 2.75) is 38.3 Å². The van der Waals surface area contributed by atoms with E-state index in [1.807, 2.05) is 41.3 Å². The van der Waals surface area contributed by atoms with Crippen molar-refractivity contribution in [3.05, 3.63) is 53.6 Å². The second kappa shape index (κ2) is 12.3. The first kappa shape index (κ1) is 25.3. The highest BCUT2D eigenvalue weighted by atomic mass is 16.5. The van der Waals surface area contributed by atoms with E-state index in [2.05, 4.69) is 11.0 Å². The Kier molecular flexibility index (Phi) is 8.88. The van der Waals surface area contributed by atoms with Crippen LogP contribution >= 0.6 is 0 Å². The van der Waals surface area contributed by atoms with Crippen LogP contribution in [-0.4, -0.2) is 75.9 Å². The van der Waals surface area contributed by atoms with Gasteiger partial charge in [-0.1, -0.05) is 24.6 Å². The van der Waals surface area contributed by atoms with E-state index in [9.17, 15) is 4.79 Å². The van der Waals surface area contributed by atoms with Crippen LogP contribution in [0, 0.1) is 5.92 Å². The first-order valence-corrected chi connectivity index (χ1v) is 12.6. The van der Waals surface area contributed by atoms with Crippen molar-refractivity contribution in [1.82, 2.24) is 9.80 Å². The zero-order valence-corrected chi connectivity index (χ0v) is 21.2. The number of carbonyl (C=O) groups excluding carboxylic acids is 1. The van der Waals surface area contributed by atoms with Crippen LogP contribution < -0.4 is 14.2 Å². The Bertz CT molecular complexity index is 982. The minimum atomic E-state index is 0.0802. The van der Waals surface area contributed by atoms with E-state index in [4.69, 9.17) is 18.9 Å². The van der Waals surface area contributed by atoms with Gasteiger partial charge in [-0.15, -0.1) is 0 Å². The lowest BCUT2D eigenvalue weighted by Crippen LogP contribution is -2.46. The van der Waals surface area contributed by atoms with Crippen LogP contribution in [0.1, 0.15) is 41.6 Å². The molecule has 1 saturated heterocycles. The van der Waals surface area contributed by atoms with Crippen LogP contribution in [0.15, 0.2) is 42.5 Å². The minimum absolute atomic E-state index is 0.0802. The lowest BCUT2D eigenvalue weighted by Gasteiger charge is -2.38. The van der Waals surface area contributed by atoms with Crippen molar-refractivity contribution in [3.8, 4) is 17.2 Å². The summed E-state index contributed by atoms with van der Waals surface area (Å²) in [5, 5.41) is 0. The molecular weight excluding hydrogens is 444 g/mol. The van der Waals surface area contributed by atoms with Crippen LogP contribution in [0.2, 0.25) is 0 Å². The molecule has 1 amide bonds. The number of para-hydroxylation sites is 1.